The molecule has 2 N–H and O–H groups in total. The Kier molecular flexibility index (Phi) is 4.16. The number of nitrogens with zero attached hydrogens (tertiary/aromatic N) is 1. The summed E-state index contributed by atoms with van der Waals surface area (Å²) in [6.07, 6.45) is 4.32. The third-order valence-corrected chi connectivity index (χ3v) is 4.05. The van der Waals surface area contributed by atoms with Crippen LogP contribution in [0.3, 0.4) is 0 Å². The van der Waals surface area contributed by atoms with Gasteiger partial charge in [-0.3, -0.25) is 4.79 Å². The number of hydrogen-bond acceptors (Lipinski definition) is 5. The second-order valence-electron chi connectivity index (χ2n) is 4.69. The van der Waals surface area contributed by atoms with Crippen LogP contribution in [0.5, 0.6) is 0 Å². The van der Waals surface area contributed by atoms with Gasteiger partial charge in [0, 0.05) is 12.8 Å². The molecule has 0 radical (unpaired) electrons. The SMILES string of the molecule is CS(=O)(=O)c1ccc(NC(=O)[C@H]2CCCNC2)cn1. The number of sulfone groups is 1. The lowest BCUT2D eigenvalue weighted by Gasteiger charge is -2.21. The number of pyridine rings is 1. The van der Waals surface area contributed by atoms with E-state index < -0.39 is 9.84 Å². The van der Waals surface area contributed by atoms with Gasteiger partial charge in [-0.1, -0.05) is 0 Å². The summed E-state index contributed by atoms with van der Waals surface area (Å²) < 4.78 is 22.5. The lowest BCUT2D eigenvalue weighted by molar-refractivity contribution is -0.120. The average Bonchev–Trinajstić information content (AvgIpc) is 2.39. The molecule has 1 aliphatic rings. The molecule has 1 aromatic rings. The van der Waals surface area contributed by atoms with Gasteiger partial charge in [-0.05, 0) is 31.5 Å². The first kappa shape index (κ1) is 14.0. The van der Waals surface area contributed by atoms with E-state index in [4.69, 9.17) is 0 Å². The average molecular weight is 283 g/mol. The maximum absolute atomic E-state index is 12.0. The number of nitrogens with one attached hydrogen (secondary N) is 2. The normalized spacial score (nSPS) is 19.9. The van der Waals surface area contributed by atoms with Crippen LogP contribution in [-0.2, 0) is 14.6 Å². The summed E-state index contributed by atoms with van der Waals surface area (Å²) in [6, 6.07) is 2.95. The smallest absolute Gasteiger partial charge is 0.228 e. The van der Waals surface area contributed by atoms with E-state index in [9.17, 15) is 13.2 Å². The summed E-state index contributed by atoms with van der Waals surface area (Å²) in [5.41, 5.74) is 0.517. The van der Waals surface area contributed by atoms with E-state index in [1.165, 1.54) is 12.3 Å². The predicted molar refractivity (Wildman–Crippen MR) is 71.6 cm³/mol. The van der Waals surface area contributed by atoms with Crippen LogP contribution in [0.1, 0.15) is 12.8 Å². The fourth-order valence-electron chi connectivity index (χ4n) is 1.99. The molecule has 0 aromatic carbocycles. The molecular formula is C12H17N3O3S. The van der Waals surface area contributed by atoms with Crippen molar-refractivity contribution in [3.8, 4) is 0 Å². The van der Waals surface area contributed by atoms with Crippen LogP contribution >= 0.6 is 0 Å². The van der Waals surface area contributed by atoms with Crippen LogP contribution in [0.25, 0.3) is 0 Å². The molecule has 2 heterocycles. The first-order valence-electron chi connectivity index (χ1n) is 6.14. The Morgan fingerprint density at radius 1 is 1.47 bits per heavy atom. The molecule has 1 fully saturated rings. The van der Waals surface area contributed by atoms with Gasteiger partial charge in [-0.25, -0.2) is 13.4 Å². The van der Waals surface area contributed by atoms with Crippen molar-refractivity contribution in [2.24, 2.45) is 5.92 Å². The van der Waals surface area contributed by atoms with E-state index in [2.05, 4.69) is 15.6 Å². The largest absolute Gasteiger partial charge is 0.324 e. The lowest BCUT2D eigenvalue weighted by atomic mass is 9.99. The van der Waals surface area contributed by atoms with E-state index in [1.54, 1.807) is 6.07 Å². The van der Waals surface area contributed by atoms with Gasteiger partial charge in [0.05, 0.1) is 17.8 Å². The van der Waals surface area contributed by atoms with Crippen LogP contribution in [0.2, 0.25) is 0 Å². The van der Waals surface area contributed by atoms with Crippen LogP contribution < -0.4 is 10.6 Å². The Labute approximate surface area is 112 Å². The number of amides is 1. The first-order chi connectivity index (χ1) is 8.97. The summed E-state index contributed by atoms with van der Waals surface area (Å²) in [6.45, 7) is 1.63. The highest BCUT2D eigenvalue weighted by Crippen LogP contribution is 2.15. The quantitative estimate of drug-likeness (QED) is 0.839. The van der Waals surface area contributed by atoms with Crippen molar-refractivity contribution in [3.63, 3.8) is 0 Å². The van der Waals surface area contributed by atoms with E-state index in [1.807, 2.05) is 0 Å². The van der Waals surface area contributed by atoms with E-state index in [0.29, 0.717) is 12.2 Å². The van der Waals surface area contributed by atoms with Crippen LogP contribution in [0.15, 0.2) is 23.4 Å². The third kappa shape index (κ3) is 3.74. The molecule has 0 spiro atoms. The molecule has 1 aromatic heterocycles. The Hall–Kier alpha value is -1.47. The number of hydrogen-bond donors (Lipinski definition) is 2. The summed E-state index contributed by atoms with van der Waals surface area (Å²) >= 11 is 0. The fourth-order valence-corrected chi connectivity index (χ4v) is 2.55. The zero-order chi connectivity index (χ0) is 13.9. The minimum absolute atomic E-state index is 0.00447. The number of anilines is 1. The summed E-state index contributed by atoms with van der Waals surface area (Å²) in [4.78, 5) is 15.8. The van der Waals surface area contributed by atoms with E-state index in [-0.39, 0.29) is 16.9 Å². The summed E-state index contributed by atoms with van der Waals surface area (Å²) in [5.74, 6) is -0.0931. The Morgan fingerprint density at radius 3 is 2.79 bits per heavy atom. The highest BCUT2D eigenvalue weighted by molar-refractivity contribution is 7.90. The first-order valence-corrected chi connectivity index (χ1v) is 8.03. The molecular weight excluding hydrogens is 266 g/mol. The highest BCUT2D eigenvalue weighted by atomic mass is 32.2. The molecule has 0 bridgehead atoms. The molecule has 0 unspecified atom stereocenters. The van der Waals surface area contributed by atoms with Gasteiger partial charge < -0.3 is 10.6 Å². The second kappa shape index (κ2) is 5.66. The standard InChI is InChI=1S/C12H17N3O3S/c1-19(17,18)11-5-4-10(8-14-11)15-12(16)9-3-2-6-13-7-9/h4-5,8-9,13H,2-3,6-7H2,1H3,(H,15,16)/t9-/m0/s1. The minimum Gasteiger partial charge on any atom is -0.324 e. The molecule has 1 aliphatic heterocycles. The number of carbonyl (C=O) groups excluding carboxylic acids is 1. The molecule has 1 saturated heterocycles. The van der Waals surface area contributed by atoms with Gasteiger partial charge in [-0.15, -0.1) is 0 Å². The minimum atomic E-state index is -3.30. The zero-order valence-corrected chi connectivity index (χ0v) is 11.5. The van der Waals surface area contributed by atoms with Gasteiger partial charge in [0.15, 0.2) is 14.9 Å². The monoisotopic (exact) mass is 283 g/mol. The molecule has 6 nitrogen and oxygen atoms in total. The Balaban J connectivity index is 2.01. The van der Waals surface area contributed by atoms with Crippen molar-refractivity contribution in [2.75, 3.05) is 24.7 Å². The van der Waals surface area contributed by atoms with Crippen LogP contribution in [-0.4, -0.2) is 38.7 Å². The van der Waals surface area contributed by atoms with Crippen LogP contribution in [0, 0.1) is 5.92 Å². The predicted octanol–water partition coefficient (Wildman–Crippen LogP) is 0.423. The molecule has 7 heteroatoms. The van der Waals surface area contributed by atoms with Crippen molar-refractivity contribution >= 4 is 21.4 Å². The van der Waals surface area contributed by atoms with E-state index in [0.717, 1.165) is 25.6 Å². The number of rotatable bonds is 3. The van der Waals surface area contributed by atoms with Gasteiger partial charge in [0.2, 0.25) is 5.91 Å². The summed E-state index contributed by atoms with van der Waals surface area (Å²) in [5, 5.41) is 5.93. The topological polar surface area (TPSA) is 88.2 Å². The number of carbonyl (C=O) groups is 1. The number of piperidine rings is 1. The van der Waals surface area contributed by atoms with Gasteiger partial charge in [0.25, 0.3) is 0 Å². The maximum Gasteiger partial charge on any atom is 0.228 e. The molecule has 1 atom stereocenters. The van der Waals surface area contributed by atoms with E-state index >= 15 is 0 Å². The van der Waals surface area contributed by atoms with Crippen molar-refractivity contribution in [1.82, 2.24) is 10.3 Å². The number of aromatic nitrogens is 1. The highest BCUT2D eigenvalue weighted by Gasteiger charge is 2.21. The zero-order valence-electron chi connectivity index (χ0n) is 10.7. The molecule has 0 aliphatic carbocycles. The van der Waals surface area contributed by atoms with Crippen molar-refractivity contribution in [1.29, 1.82) is 0 Å². The van der Waals surface area contributed by atoms with Crippen molar-refractivity contribution in [3.05, 3.63) is 18.3 Å². The molecule has 104 valence electrons. The maximum atomic E-state index is 12.0. The third-order valence-electron chi connectivity index (χ3n) is 3.05. The Morgan fingerprint density at radius 2 is 2.26 bits per heavy atom. The molecule has 0 saturated carbocycles. The molecule has 19 heavy (non-hydrogen) atoms. The molecule has 1 amide bonds. The van der Waals surface area contributed by atoms with Crippen LogP contribution in [0.4, 0.5) is 5.69 Å². The molecule has 2 rings (SSSR count). The van der Waals surface area contributed by atoms with Crippen molar-refractivity contribution in [2.45, 2.75) is 17.9 Å². The lowest BCUT2D eigenvalue weighted by Crippen LogP contribution is -2.37. The summed E-state index contributed by atoms with van der Waals surface area (Å²) in [7, 11) is -3.30. The fraction of sp³-hybridized carbons (Fsp3) is 0.500. The van der Waals surface area contributed by atoms with Gasteiger partial charge in [-0.2, -0.15) is 0 Å². The van der Waals surface area contributed by atoms with Crippen molar-refractivity contribution < 1.29 is 13.2 Å². The second-order valence-corrected chi connectivity index (χ2v) is 6.65. The van der Waals surface area contributed by atoms with Gasteiger partial charge >= 0.3 is 0 Å². The Bertz CT molecular complexity index is 548. The van der Waals surface area contributed by atoms with Gasteiger partial charge in [0.1, 0.15) is 0 Å².